The van der Waals surface area contributed by atoms with Crippen molar-refractivity contribution in [3.8, 4) is 0 Å². The van der Waals surface area contributed by atoms with Gasteiger partial charge < -0.3 is 10.0 Å². The fraction of sp³-hybridized carbons (Fsp3) is 0.500. The molecule has 1 aromatic rings. The summed E-state index contributed by atoms with van der Waals surface area (Å²) in [4.78, 5) is 6.47. The van der Waals surface area contributed by atoms with Crippen molar-refractivity contribution in [2.75, 3.05) is 13.1 Å². The van der Waals surface area contributed by atoms with E-state index in [1.807, 2.05) is 4.90 Å². The van der Waals surface area contributed by atoms with Crippen LogP contribution in [0.15, 0.2) is 29.3 Å². The third kappa shape index (κ3) is 1.96. The van der Waals surface area contributed by atoms with Crippen LogP contribution in [0, 0.1) is 5.82 Å². The maximum absolute atomic E-state index is 13.1. The molecular formula is C14H17FN2OS. The maximum atomic E-state index is 13.1. The summed E-state index contributed by atoms with van der Waals surface area (Å²) in [5.74, 6) is -0.279. The number of nitrogens with zero attached hydrogens (tertiary/aromatic N) is 2. The third-order valence-corrected chi connectivity index (χ3v) is 5.27. The Bertz CT molecular complexity index is 505. The number of rotatable bonds is 2. The summed E-state index contributed by atoms with van der Waals surface area (Å²) in [5, 5.41) is 12.2. The predicted molar refractivity (Wildman–Crippen MR) is 75.6 cm³/mol. The van der Waals surface area contributed by atoms with Crippen LogP contribution in [0.3, 0.4) is 0 Å². The quantitative estimate of drug-likeness (QED) is 0.904. The van der Waals surface area contributed by atoms with E-state index >= 15 is 0 Å². The number of hydrogen-bond acceptors (Lipinski definition) is 4. The molecule has 0 aromatic heterocycles. The fourth-order valence-electron chi connectivity index (χ4n) is 2.79. The van der Waals surface area contributed by atoms with E-state index in [-0.39, 0.29) is 11.1 Å². The van der Waals surface area contributed by atoms with Gasteiger partial charge in [0.2, 0.25) is 0 Å². The second kappa shape index (κ2) is 4.80. The van der Waals surface area contributed by atoms with Crippen LogP contribution < -0.4 is 0 Å². The molecule has 19 heavy (non-hydrogen) atoms. The van der Waals surface area contributed by atoms with Crippen LogP contribution in [0.2, 0.25) is 0 Å². The monoisotopic (exact) mass is 280 g/mol. The molecule has 5 heteroatoms. The average Bonchev–Trinajstić information content (AvgIpc) is 2.74. The van der Waals surface area contributed by atoms with Crippen molar-refractivity contribution in [1.29, 1.82) is 0 Å². The molecule has 2 atom stereocenters. The van der Waals surface area contributed by atoms with Gasteiger partial charge in [0.1, 0.15) is 5.82 Å². The molecule has 1 aromatic carbocycles. The van der Waals surface area contributed by atoms with Gasteiger partial charge in [0.25, 0.3) is 0 Å². The Kier molecular flexibility index (Phi) is 3.27. The highest BCUT2D eigenvalue weighted by molar-refractivity contribution is 8.14. The van der Waals surface area contributed by atoms with Crippen molar-refractivity contribution in [2.45, 2.75) is 30.7 Å². The molecule has 0 radical (unpaired) electrons. The molecule has 0 aliphatic carbocycles. The molecule has 3 nitrogen and oxygen atoms in total. The van der Waals surface area contributed by atoms with Gasteiger partial charge in [-0.25, -0.2) is 4.39 Å². The summed E-state index contributed by atoms with van der Waals surface area (Å²) >= 11 is 1.63. The van der Waals surface area contributed by atoms with Gasteiger partial charge in [-0.15, -0.1) is 0 Å². The average molecular weight is 280 g/mol. The largest absolute Gasteiger partial charge is 0.366 e. The summed E-state index contributed by atoms with van der Waals surface area (Å²) in [6.45, 7) is 3.69. The molecule has 0 saturated carbocycles. The highest BCUT2D eigenvalue weighted by Crippen LogP contribution is 2.47. The minimum absolute atomic E-state index is 0.0369. The number of halogens is 1. The topological polar surface area (TPSA) is 35.8 Å². The lowest BCUT2D eigenvalue weighted by atomic mass is 9.95. The van der Waals surface area contributed by atoms with E-state index in [1.165, 1.54) is 12.1 Å². The number of thioether (sulfide) groups is 1. The summed E-state index contributed by atoms with van der Waals surface area (Å²) < 4.78 is 13.1. The zero-order chi connectivity index (χ0) is 13.5. The number of amidine groups is 1. The Morgan fingerprint density at radius 3 is 2.89 bits per heavy atom. The van der Waals surface area contributed by atoms with Crippen molar-refractivity contribution in [2.24, 2.45) is 4.99 Å². The van der Waals surface area contributed by atoms with E-state index in [9.17, 15) is 9.50 Å². The van der Waals surface area contributed by atoms with Crippen LogP contribution in [0.4, 0.5) is 4.39 Å². The molecule has 102 valence electrons. The van der Waals surface area contributed by atoms with Crippen LogP contribution in [-0.4, -0.2) is 33.5 Å². The number of benzene rings is 1. The zero-order valence-corrected chi connectivity index (χ0v) is 11.7. The summed E-state index contributed by atoms with van der Waals surface area (Å²) in [5.41, 5.74) is -0.313. The summed E-state index contributed by atoms with van der Waals surface area (Å²) in [7, 11) is 0. The van der Waals surface area contributed by atoms with E-state index in [4.69, 9.17) is 0 Å². The first-order chi connectivity index (χ1) is 9.16. The van der Waals surface area contributed by atoms with Gasteiger partial charge in [0, 0.05) is 18.7 Å². The minimum atomic E-state index is -1.06. The van der Waals surface area contributed by atoms with Crippen LogP contribution in [0.25, 0.3) is 0 Å². The van der Waals surface area contributed by atoms with Gasteiger partial charge >= 0.3 is 0 Å². The maximum Gasteiger partial charge on any atom is 0.178 e. The van der Waals surface area contributed by atoms with Gasteiger partial charge in [0.05, 0.1) is 5.25 Å². The van der Waals surface area contributed by atoms with Gasteiger partial charge in [-0.3, -0.25) is 4.99 Å². The predicted octanol–water partition coefficient (Wildman–Crippen LogP) is 2.56. The van der Waals surface area contributed by atoms with Gasteiger partial charge in [-0.05, 0) is 25.0 Å². The number of hydrogen-bond donors (Lipinski definition) is 1. The van der Waals surface area contributed by atoms with Crippen LogP contribution in [0.5, 0.6) is 0 Å². The molecule has 1 saturated heterocycles. The number of aliphatic hydroxyl groups is 1. The van der Waals surface area contributed by atoms with Gasteiger partial charge in [-0.1, -0.05) is 30.8 Å². The Morgan fingerprint density at radius 2 is 2.21 bits per heavy atom. The smallest absolute Gasteiger partial charge is 0.178 e. The van der Waals surface area contributed by atoms with Crippen molar-refractivity contribution < 1.29 is 9.50 Å². The van der Waals surface area contributed by atoms with E-state index in [1.54, 1.807) is 23.9 Å². The summed E-state index contributed by atoms with van der Waals surface area (Å²) in [6, 6.07) is 6.17. The molecule has 1 N–H and O–H groups in total. The molecule has 3 rings (SSSR count). The Morgan fingerprint density at radius 1 is 1.47 bits per heavy atom. The molecule has 0 spiro atoms. The number of fused-ring (bicyclic) bond motifs is 1. The Balaban J connectivity index is 2.05. The fourth-order valence-corrected chi connectivity index (χ4v) is 4.16. The van der Waals surface area contributed by atoms with Crippen LogP contribution >= 0.6 is 11.8 Å². The molecule has 2 unspecified atom stereocenters. The lowest BCUT2D eigenvalue weighted by Gasteiger charge is -2.38. The molecule has 1 fully saturated rings. The third-order valence-electron chi connectivity index (χ3n) is 3.77. The first-order valence-corrected chi connectivity index (χ1v) is 7.51. The first kappa shape index (κ1) is 12.9. The molecule has 2 heterocycles. The van der Waals surface area contributed by atoms with Crippen molar-refractivity contribution in [3.63, 3.8) is 0 Å². The molecule has 0 bridgehead atoms. The second-order valence-corrected chi connectivity index (χ2v) is 6.09. The standard InChI is InChI=1S/C14H17FN2OS/c1-2-12-14(18,10-4-6-11(15)7-5-10)17-9-3-8-16-13(17)19-12/h4-7,12,18H,2-3,8-9H2,1H3. The van der Waals surface area contributed by atoms with Crippen LogP contribution in [-0.2, 0) is 5.72 Å². The van der Waals surface area contributed by atoms with Crippen molar-refractivity contribution in [1.82, 2.24) is 4.90 Å². The van der Waals surface area contributed by atoms with E-state index in [2.05, 4.69) is 11.9 Å². The zero-order valence-electron chi connectivity index (χ0n) is 10.8. The normalized spacial score (nSPS) is 30.2. The van der Waals surface area contributed by atoms with Gasteiger partial charge in [0.15, 0.2) is 10.9 Å². The van der Waals surface area contributed by atoms with E-state index in [0.717, 1.165) is 36.7 Å². The van der Waals surface area contributed by atoms with Gasteiger partial charge in [-0.2, -0.15) is 0 Å². The Labute approximate surface area is 116 Å². The molecule has 2 aliphatic heterocycles. The highest BCUT2D eigenvalue weighted by Gasteiger charge is 2.52. The lowest BCUT2D eigenvalue weighted by Crippen LogP contribution is -2.50. The van der Waals surface area contributed by atoms with E-state index < -0.39 is 5.72 Å². The molecular weight excluding hydrogens is 263 g/mol. The van der Waals surface area contributed by atoms with E-state index in [0.29, 0.717) is 0 Å². The van der Waals surface area contributed by atoms with Crippen LogP contribution in [0.1, 0.15) is 25.3 Å². The molecule has 2 aliphatic rings. The molecule has 0 amide bonds. The lowest BCUT2D eigenvalue weighted by molar-refractivity contribution is -0.0728. The van der Waals surface area contributed by atoms with Crippen molar-refractivity contribution >= 4 is 16.9 Å². The Hall–Kier alpha value is -1.07. The first-order valence-electron chi connectivity index (χ1n) is 6.63. The summed E-state index contributed by atoms with van der Waals surface area (Å²) in [6.07, 6.45) is 1.79. The number of aliphatic imine (C=N–C) groups is 1. The van der Waals surface area contributed by atoms with Crippen molar-refractivity contribution in [3.05, 3.63) is 35.6 Å². The minimum Gasteiger partial charge on any atom is -0.366 e. The SMILES string of the molecule is CCC1SC2=NCCCN2C1(O)c1ccc(F)cc1. The second-order valence-electron chi connectivity index (χ2n) is 4.92. The highest BCUT2D eigenvalue weighted by atomic mass is 32.2.